The van der Waals surface area contributed by atoms with E-state index in [4.69, 9.17) is 13.6 Å². The van der Waals surface area contributed by atoms with Crippen molar-refractivity contribution in [2.75, 3.05) is 12.9 Å². The van der Waals surface area contributed by atoms with Crippen molar-refractivity contribution in [1.82, 2.24) is 10.2 Å². The lowest BCUT2D eigenvalue weighted by atomic mass is 10.1. The number of aromatic nitrogens is 2. The van der Waals surface area contributed by atoms with E-state index in [0.29, 0.717) is 28.2 Å². The van der Waals surface area contributed by atoms with Gasteiger partial charge in [0.25, 0.3) is 5.22 Å². The quantitative estimate of drug-likeness (QED) is 0.377. The van der Waals surface area contributed by atoms with Gasteiger partial charge in [-0.2, -0.15) is 11.8 Å². The van der Waals surface area contributed by atoms with E-state index in [2.05, 4.69) is 26.1 Å². The van der Waals surface area contributed by atoms with Crippen LogP contribution in [0.5, 0.6) is 0 Å². The fourth-order valence-corrected chi connectivity index (χ4v) is 3.77. The Labute approximate surface area is 161 Å². The highest BCUT2D eigenvalue weighted by molar-refractivity contribution is 9.10. The van der Waals surface area contributed by atoms with Crippen LogP contribution in [0.1, 0.15) is 28.9 Å². The maximum atomic E-state index is 12.2. The van der Waals surface area contributed by atoms with Gasteiger partial charge < -0.3 is 13.6 Å². The number of hydrogen-bond acceptors (Lipinski definition) is 8. The van der Waals surface area contributed by atoms with E-state index in [1.807, 2.05) is 24.5 Å². The maximum absolute atomic E-state index is 12.2. The Hall–Kier alpha value is -1.45. The minimum Gasteiger partial charge on any atom is -0.460 e. The number of hydrogen-bond donors (Lipinski definition) is 0. The molecule has 0 unspecified atom stereocenters. The van der Waals surface area contributed by atoms with E-state index in [1.165, 1.54) is 11.8 Å². The van der Waals surface area contributed by atoms with E-state index >= 15 is 0 Å². The lowest BCUT2D eigenvalue weighted by molar-refractivity contribution is 0.0491. The molecule has 3 aromatic rings. The van der Waals surface area contributed by atoms with Gasteiger partial charge in [0.05, 0.1) is 12.4 Å². The molecule has 9 heteroatoms. The molecule has 0 radical (unpaired) electrons. The van der Waals surface area contributed by atoms with Crippen LogP contribution in [0.2, 0.25) is 0 Å². The average Bonchev–Trinajstić information content (AvgIpc) is 3.17. The zero-order valence-electron chi connectivity index (χ0n) is 13.6. The molecule has 3 rings (SSSR count). The van der Waals surface area contributed by atoms with Gasteiger partial charge in [-0.1, -0.05) is 27.7 Å². The molecule has 0 fully saturated rings. The molecule has 6 nitrogen and oxygen atoms in total. The third-order valence-electron chi connectivity index (χ3n) is 3.27. The Morgan fingerprint density at radius 1 is 1.28 bits per heavy atom. The van der Waals surface area contributed by atoms with Gasteiger partial charge in [-0.15, -0.1) is 10.2 Å². The van der Waals surface area contributed by atoms with Gasteiger partial charge in [0.1, 0.15) is 5.58 Å². The van der Waals surface area contributed by atoms with Crippen LogP contribution in [0.3, 0.4) is 0 Å². The molecule has 1 aromatic carbocycles. The highest BCUT2D eigenvalue weighted by Crippen LogP contribution is 2.33. The fourth-order valence-electron chi connectivity index (χ4n) is 2.24. The van der Waals surface area contributed by atoms with E-state index in [-0.39, 0.29) is 12.4 Å². The molecule has 25 heavy (non-hydrogen) atoms. The van der Waals surface area contributed by atoms with Crippen molar-refractivity contribution < 1.29 is 18.4 Å². The number of rotatable bonds is 7. The molecule has 0 spiro atoms. The molecule has 0 atom stereocenters. The smallest absolute Gasteiger partial charge is 0.374 e. The highest BCUT2D eigenvalue weighted by atomic mass is 79.9. The van der Waals surface area contributed by atoms with Gasteiger partial charge >= 0.3 is 5.97 Å². The molecule has 2 aromatic heterocycles. The summed E-state index contributed by atoms with van der Waals surface area (Å²) >= 11 is 6.43. The average molecular weight is 443 g/mol. The topological polar surface area (TPSA) is 78.4 Å². The van der Waals surface area contributed by atoms with Gasteiger partial charge in [0.2, 0.25) is 11.7 Å². The van der Waals surface area contributed by atoms with Crippen molar-refractivity contribution in [3.63, 3.8) is 0 Å². The summed E-state index contributed by atoms with van der Waals surface area (Å²) < 4.78 is 17.3. The van der Waals surface area contributed by atoms with Gasteiger partial charge in [0, 0.05) is 21.2 Å². The second kappa shape index (κ2) is 8.29. The van der Waals surface area contributed by atoms with Crippen LogP contribution in [-0.4, -0.2) is 29.0 Å². The SMILES string of the molecule is CCOC(=O)c1oc2ccc(Br)cc2c1CSc1nnc(CSC)o1. The number of fused-ring (bicyclic) bond motifs is 1. The Morgan fingerprint density at radius 3 is 2.88 bits per heavy atom. The van der Waals surface area contributed by atoms with E-state index in [9.17, 15) is 4.79 Å². The largest absolute Gasteiger partial charge is 0.460 e. The summed E-state index contributed by atoms with van der Waals surface area (Å²) in [7, 11) is 0. The minimum atomic E-state index is -0.473. The predicted octanol–water partition coefficient (Wildman–Crippen LogP) is 4.91. The molecule has 132 valence electrons. The standard InChI is InChI=1S/C16H15BrN2O4S2/c1-3-21-15(20)14-11(10-6-9(17)4-5-12(10)22-14)7-25-16-19-18-13(23-16)8-24-2/h4-6H,3,7-8H2,1-2H3. The van der Waals surface area contributed by atoms with Gasteiger partial charge in [-0.3, -0.25) is 0 Å². The predicted molar refractivity (Wildman–Crippen MR) is 101 cm³/mol. The first kappa shape index (κ1) is 18.3. The second-order valence-electron chi connectivity index (χ2n) is 4.95. The van der Waals surface area contributed by atoms with E-state index in [0.717, 1.165) is 15.4 Å². The second-order valence-corrected chi connectivity index (χ2v) is 7.66. The van der Waals surface area contributed by atoms with Crippen molar-refractivity contribution in [2.45, 2.75) is 23.7 Å². The summed E-state index contributed by atoms with van der Waals surface area (Å²) in [6.07, 6.45) is 1.97. The molecule has 0 aliphatic heterocycles. The van der Waals surface area contributed by atoms with Crippen molar-refractivity contribution in [3.05, 3.63) is 39.9 Å². The van der Waals surface area contributed by atoms with Crippen molar-refractivity contribution >= 4 is 56.4 Å². The summed E-state index contributed by atoms with van der Waals surface area (Å²) in [4.78, 5) is 12.2. The number of nitrogens with zero attached hydrogens (tertiary/aromatic N) is 2. The van der Waals surface area contributed by atoms with Gasteiger partial charge in [-0.05, 0) is 31.4 Å². The monoisotopic (exact) mass is 442 g/mol. The van der Waals surface area contributed by atoms with Crippen LogP contribution in [-0.2, 0) is 16.2 Å². The first-order valence-corrected chi connectivity index (χ1v) is 10.6. The van der Waals surface area contributed by atoms with E-state index < -0.39 is 5.97 Å². The number of halogens is 1. The summed E-state index contributed by atoms with van der Waals surface area (Å²) in [5.41, 5.74) is 1.39. The lowest BCUT2D eigenvalue weighted by Crippen LogP contribution is -2.05. The minimum absolute atomic E-state index is 0.214. The third-order valence-corrected chi connectivity index (χ3v) is 5.14. The zero-order chi connectivity index (χ0) is 17.8. The number of carbonyl (C=O) groups is 1. The van der Waals surface area contributed by atoms with Crippen molar-refractivity contribution in [3.8, 4) is 0 Å². The Balaban J connectivity index is 1.90. The summed E-state index contributed by atoms with van der Waals surface area (Å²) in [6.45, 7) is 2.05. The molecule has 2 heterocycles. The van der Waals surface area contributed by atoms with Gasteiger partial charge in [-0.25, -0.2) is 4.79 Å². The first-order valence-electron chi connectivity index (χ1n) is 7.44. The summed E-state index contributed by atoms with van der Waals surface area (Å²) in [5.74, 6) is 1.45. The summed E-state index contributed by atoms with van der Waals surface area (Å²) in [5, 5.41) is 9.32. The Kier molecular flexibility index (Phi) is 6.08. The molecule has 0 saturated carbocycles. The Morgan fingerprint density at radius 2 is 2.12 bits per heavy atom. The third kappa shape index (κ3) is 4.21. The van der Waals surface area contributed by atoms with E-state index in [1.54, 1.807) is 18.7 Å². The molecule has 0 aliphatic rings. The number of esters is 1. The first-order chi connectivity index (χ1) is 12.1. The van der Waals surface area contributed by atoms with Crippen LogP contribution in [0.15, 0.2) is 36.7 Å². The molecule has 0 bridgehead atoms. The maximum Gasteiger partial charge on any atom is 0.374 e. The molecule has 0 saturated heterocycles. The fraction of sp³-hybridized carbons (Fsp3) is 0.312. The van der Waals surface area contributed by atoms with Crippen molar-refractivity contribution in [2.24, 2.45) is 0 Å². The molecule has 0 amide bonds. The number of furan rings is 1. The van der Waals surface area contributed by atoms with Crippen LogP contribution in [0.4, 0.5) is 0 Å². The Bertz CT molecular complexity index is 894. The summed E-state index contributed by atoms with van der Waals surface area (Å²) in [6, 6.07) is 5.61. The van der Waals surface area contributed by atoms with Crippen LogP contribution in [0.25, 0.3) is 11.0 Å². The van der Waals surface area contributed by atoms with Crippen LogP contribution < -0.4 is 0 Å². The number of thioether (sulfide) groups is 2. The molecular weight excluding hydrogens is 428 g/mol. The van der Waals surface area contributed by atoms with Crippen LogP contribution in [0, 0.1) is 0 Å². The molecule has 0 aliphatic carbocycles. The highest BCUT2D eigenvalue weighted by Gasteiger charge is 2.22. The van der Waals surface area contributed by atoms with Crippen molar-refractivity contribution in [1.29, 1.82) is 0 Å². The number of ether oxygens (including phenoxy) is 1. The molecule has 0 N–H and O–H groups in total. The molecular formula is C16H15BrN2O4S2. The van der Waals surface area contributed by atoms with Gasteiger partial charge in [0.15, 0.2) is 0 Å². The lowest BCUT2D eigenvalue weighted by Gasteiger charge is -2.01. The number of benzene rings is 1. The normalized spacial score (nSPS) is 11.2. The van der Waals surface area contributed by atoms with Crippen LogP contribution >= 0.6 is 39.5 Å². The number of carbonyl (C=O) groups excluding carboxylic acids is 1. The zero-order valence-corrected chi connectivity index (χ0v) is 16.8.